The molecule has 1 N–H and O–H groups in total. The van der Waals surface area contributed by atoms with Gasteiger partial charge in [0.25, 0.3) is 0 Å². The van der Waals surface area contributed by atoms with E-state index in [1.165, 1.54) is 24.0 Å². The normalized spacial score (nSPS) is 19.1. The molecule has 0 spiro atoms. The average Bonchev–Trinajstić information content (AvgIpc) is 3.14. The number of hydrogen-bond donors (Lipinski definition) is 1. The van der Waals surface area contributed by atoms with Crippen molar-refractivity contribution in [2.75, 3.05) is 0 Å². The van der Waals surface area contributed by atoms with Crippen molar-refractivity contribution < 1.29 is 0 Å². The Balaban J connectivity index is 1.64. The van der Waals surface area contributed by atoms with Gasteiger partial charge in [-0.15, -0.1) is 11.1 Å². The van der Waals surface area contributed by atoms with Gasteiger partial charge in [-0.05, 0) is 48.2 Å². The average molecular weight is 416 g/mol. The molecular formula is C26H33NSi2. The van der Waals surface area contributed by atoms with Crippen molar-refractivity contribution in [1.82, 2.24) is 5.32 Å². The molecule has 0 radical (unpaired) electrons. The number of hydrogen-bond acceptors (Lipinski definition) is 1. The van der Waals surface area contributed by atoms with Crippen molar-refractivity contribution in [3.05, 3.63) is 70.8 Å². The molecule has 0 amide bonds. The molecule has 0 saturated carbocycles. The lowest BCUT2D eigenvalue weighted by atomic mass is 10.0. The molecule has 1 aliphatic heterocycles. The quantitative estimate of drug-likeness (QED) is 0.447. The maximum atomic E-state index is 3.82. The van der Waals surface area contributed by atoms with Crippen LogP contribution in [0.25, 0.3) is 0 Å². The molecule has 0 bridgehead atoms. The first-order chi connectivity index (χ1) is 13.6. The van der Waals surface area contributed by atoms with E-state index in [0.29, 0.717) is 12.1 Å². The third kappa shape index (κ3) is 6.75. The highest BCUT2D eigenvalue weighted by molar-refractivity contribution is 6.84. The van der Waals surface area contributed by atoms with E-state index in [9.17, 15) is 0 Å². The van der Waals surface area contributed by atoms with E-state index in [0.717, 1.165) is 11.1 Å². The predicted octanol–water partition coefficient (Wildman–Crippen LogP) is 6.31. The van der Waals surface area contributed by atoms with Gasteiger partial charge >= 0.3 is 0 Å². The number of rotatable bonds is 2. The second kappa shape index (κ2) is 8.76. The molecule has 2 unspecified atom stereocenters. The summed E-state index contributed by atoms with van der Waals surface area (Å²) in [6, 6.07) is 18.5. The van der Waals surface area contributed by atoms with E-state index in [1.54, 1.807) is 0 Å². The summed E-state index contributed by atoms with van der Waals surface area (Å²) in [5.41, 5.74) is 11.9. The lowest BCUT2D eigenvalue weighted by Gasteiger charge is -2.15. The first-order valence-electron chi connectivity index (χ1n) is 10.6. The highest BCUT2D eigenvalue weighted by Gasteiger charge is 2.25. The van der Waals surface area contributed by atoms with Gasteiger partial charge in [-0.1, -0.05) is 75.4 Å². The van der Waals surface area contributed by atoms with Crippen LogP contribution in [-0.4, -0.2) is 16.1 Å². The summed E-state index contributed by atoms with van der Waals surface area (Å²) >= 11 is 0. The van der Waals surface area contributed by atoms with Gasteiger partial charge in [0.2, 0.25) is 0 Å². The third-order valence-electron chi connectivity index (χ3n) is 4.94. The van der Waals surface area contributed by atoms with Crippen LogP contribution in [0.4, 0.5) is 0 Å². The van der Waals surface area contributed by atoms with Crippen LogP contribution in [0.2, 0.25) is 39.3 Å². The highest BCUT2D eigenvalue weighted by atomic mass is 28.3. The van der Waals surface area contributed by atoms with E-state index < -0.39 is 16.1 Å². The Kier molecular flexibility index (Phi) is 6.54. The van der Waals surface area contributed by atoms with Crippen LogP contribution >= 0.6 is 0 Å². The summed E-state index contributed by atoms with van der Waals surface area (Å²) in [5, 5.41) is 3.82. The minimum Gasteiger partial charge on any atom is -0.303 e. The molecule has 1 aliphatic rings. The van der Waals surface area contributed by atoms with Gasteiger partial charge < -0.3 is 5.32 Å². The minimum atomic E-state index is -1.32. The Morgan fingerprint density at radius 1 is 0.621 bits per heavy atom. The van der Waals surface area contributed by atoms with Gasteiger partial charge in [-0.2, -0.15) is 0 Å². The van der Waals surface area contributed by atoms with Gasteiger partial charge in [0.15, 0.2) is 0 Å². The largest absolute Gasteiger partial charge is 0.303 e. The first-order valence-corrected chi connectivity index (χ1v) is 17.6. The number of nitrogens with one attached hydrogen (secondary N) is 1. The van der Waals surface area contributed by atoms with Crippen LogP contribution in [-0.2, 0) is 0 Å². The summed E-state index contributed by atoms with van der Waals surface area (Å²) in [6.45, 7) is 13.7. The van der Waals surface area contributed by atoms with E-state index in [4.69, 9.17) is 0 Å². The molecule has 1 nitrogen and oxygen atoms in total. The summed E-state index contributed by atoms with van der Waals surface area (Å²) in [5.74, 6) is 6.69. The van der Waals surface area contributed by atoms with E-state index in [1.807, 2.05) is 0 Å². The smallest absolute Gasteiger partial charge is 0.129 e. The molecule has 1 fully saturated rings. The summed E-state index contributed by atoms with van der Waals surface area (Å²) in [4.78, 5) is 0. The first kappa shape index (κ1) is 21.7. The van der Waals surface area contributed by atoms with Crippen molar-refractivity contribution in [3.8, 4) is 22.9 Å². The maximum absolute atomic E-state index is 3.82. The topological polar surface area (TPSA) is 12.0 Å². The second-order valence-corrected chi connectivity index (χ2v) is 19.6. The minimum absolute atomic E-state index is 0.422. The summed E-state index contributed by atoms with van der Waals surface area (Å²) in [6.07, 6.45) is 2.34. The fourth-order valence-corrected chi connectivity index (χ4v) is 4.42. The van der Waals surface area contributed by atoms with Crippen LogP contribution in [0.5, 0.6) is 0 Å². The van der Waals surface area contributed by atoms with Crippen LogP contribution in [0, 0.1) is 22.9 Å². The Morgan fingerprint density at radius 3 is 1.28 bits per heavy atom. The van der Waals surface area contributed by atoms with Crippen LogP contribution in [0.3, 0.4) is 0 Å². The lowest BCUT2D eigenvalue weighted by molar-refractivity contribution is 0.574. The highest BCUT2D eigenvalue weighted by Crippen LogP contribution is 2.34. The molecule has 2 aromatic carbocycles. The zero-order valence-electron chi connectivity index (χ0n) is 18.7. The SMILES string of the molecule is C[Si](C)(C)C#Cc1ccc(C2CCC(c3ccc(C#C[Si](C)(C)C)cc3)N2)cc1. The standard InChI is InChI=1S/C26H33NSi2/c1-28(2,3)19-17-21-7-11-23(12-8-21)25-15-16-26(27-25)24-13-9-22(10-14-24)18-20-29(4,5)6/h7-14,25-27H,15-16H2,1-6H3. The van der Waals surface area contributed by atoms with Gasteiger partial charge in [-0.3, -0.25) is 0 Å². The Hall–Kier alpha value is -2.05. The predicted molar refractivity (Wildman–Crippen MR) is 131 cm³/mol. The molecule has 2 atom stereocenters. The van der Waals surface area contributed by atoms with Crippen LogP contribution < -0.4 is 5.32 Å². The fraction of sp³-hybridized carbons (Fsp3) is 0.385. The van der Waals surface area contributed by atoms with Crippen molar-refractivity contribution in [1.29, 1.82) is 0 Å². The zero-order chi connectivity index (χ0) is 21.1. The third-order valence-corrected chi connectivity index (χ3v) is 6.69. The Morgan fingerprint density at radius 2 is 0.966 bits per heavy atom. The molecule has 1 heterocycles. The summed E-state index contributed by atoms with van der Waals surface area (Å²) < 4.78 is 0. The molecule has 29 heavy (non-hydrogen) atoms. The van der Waals surface area contributed by atoms with Crippen molar-refractivity contribution in [2.24, 2.45) is 0 Å². The maximum Gasteiger partial charge on any atom is 0.129 e. The molecule has 0 aromatic heterocycles. The van der Waals surface area contributed by atoms with Gasteiger partial charge in [0, 0.05) is 23.2 Å². The van der Waals surface area contributed by atoms with E-state index >= 15 is 0 Å². The van der Waals surface area contributed by atoms with Crippen molar-refractivity contribution in [3.63, 3.8) is 0 Å². The van der Waals surface area contributed by atoms with Gasteiger partial charge in [0.05, 0.1) is 0 Å². The van der Waals surface area contributed by atoms with Crippen molar-refractivity contribution in [2.45, 2.75) is 64.2 Å². The molecule has 1 saturated heterocycles. The molecule has 0 aliphatic carbocycles. The monoisotopic (exact) mass is 415 g/mol. The van der Waals surface area contributed by atoms with Crippen LogP contribution in [0.15, 0.2) is 48.5 Å². The molecule has 3 rings (SSSR count). The Bertz CT molecular complexity index is 871. The molecule has 2 aromatic rings. The summed E-state index contributed by atoms with van der Waals surface area (Å²) in [7, 11) is -2.65. The van der Waals surface area contributed by atoms with Crippen LogP contribution in [0.1, 0.15) is 47.2 Å². The lowest BCUT2D eigenvalue weighted by Crippen LogP contribution is -2.17. The molecule has 3 heteroatoms. The van der Waals surface area contributed by atoms with Crippen molar-refractivity contribution >= 4 is 16.1 Å². The van der Waals surface area contributed by atoms with Gasteiger partial charge in [-0.25, -0.2) is 0 Å². The van der Waals surface area contributed by atoms with E-state index in [-0.39, 0.29) is 0 Å². The molecular weight excluding hydrogens is 382 g/mol. The van der Waals surface area contributed by atoms with Gasteiger partial charge in [0.1, 0.15) is 16.1 Å². The zero-order valence-corrected chi connectivity index (χ0v) is 20.7. The van der Waals surface area contributed by atoms with E-state index in [2.05, 4.69) is 116 Å². The number of benzene rings is 2. The second-order valence-electron chi connectivity index (χ2n) is 10.1. The molecule has 150 valence electrons. The fourth-order valence-electron chi connectivity index (χ4n) is 3.39. The Labute approximate surface area is 179 Å².